The molecule has 6 nitrogen and oxygen atoms in total. The molecule has 1 aromatic carbocycles. The van der Waals surface area contributed by atoms with Crippen molar-refractivity contribution in [1.29, 1.82) is 0 Å². The summed E-state index contributed by atoms with van der Waals surface area (Å²) in [5.41, 5.74) is 0.448. The van der Waals surface area contributed by atoms with Crippen LogP contribution in [0.3, 0.4) is 0 Å². The molecule has 2 aromatic rings. The van der Waals surface area contributed by atoms with Gasteiger partial charge in [0, 0.05) is 12.1 Å². The highest BCUT2D eigenvalue weighted by Gasteiger charge is 2.47. The lowest BCUT2D eigenvalue weighted by atomic mass is 9.99. The molecular weight excluding hydrogens is 334 g/mol. The molecule has 1 saturated heterocycles. The number of benzene rings is 1. The number of rotatable bonds is 6. The van der Waals surface area contributed by atoms with Crippen LogP contribution in [0.15, 0.2) is 52.7 Å². The van der Waals surface area contributed by atoms with Gasteiger partial charge in [-0.15, -0.1) is 0 Å². The lowest BCUT2D eigenvalue weighted by molar-refractivity contribution is -0.140. The molecule has 1 atom stereocenters. The third-order valence-electron chi connectivity index (χ3n) is 4.45. The van der Waals surface area contributed by atoms with E-state index in [2.05, 4.69) is 0 Å². The number of hydrogen-bond acceptors (Lipinski definition) is 5. The number of hydrogen-bond donors (Lipinski definition) is 1. The Hall–Kier alpha value is -3.02. The SMILES string of the molecule is CCCCN1C(=O)C(=O)/C(=C(\O)c2cccc(OC)c2)C1c1ccco1. The van der Waals surface area contributed by atoms with Crippen LogP contribution in [-0.4, -0.2) is 35.4 Å². The number of aliphatic hydroxyl groups excluding tert-OH is 1. The summed E-state index contributed by atoms with van der Waals surface area (Å²) in [7, 11) is 1.52. The first-order chi connectivity index (χ1) is 12.6. The first-order valence-corrected chi connectivity index (χ1v) is 8.54. The standard InChI is InChI=1S/C20H21NO5/c1-3-4-10-21-17(15-9-6-11-26-15)16(19(23)20(21)24)18(22)13-7-5-8-14(12-13)25-2/h5-9,11-12,17,22H,3-4,10H2,1-2H3/b18-16-. The van der Waals surface area contributed by atoms with Crippen LogP contribution >= 0.6 is 0 Å². The van der Waals surface area contributed by atoms with E-state index in [0.717, 1.165) is 12.8 Å². The number of ether oxygens (including phenoxy) is 1. The molecule has 1 fully saturated rings. The van der Waals surface area contributed by atoms with Gasteiger partial charge in [0.15, 0.2) is 0 Å². The average Bonchev–Trinajstić information content (AvgIpc) is 3.27. The Morgan fingerprint density at radius 3 is 2.73 bits per heavy atom. The molecule has 0 spiro atoms. The van der Waals surface area contributed by atoms with Crippen LogP contribution < -0.4 is 4.74 Å². The molecule has 6 heteroatoms. The van der Waals surface area contributed by atoms with Gasteiger partial charge in [-0.05, 0) is 30.7 Å². The van der Waals surface area contributed by atoms with Gasteiger partial charge in [-0.3, -0.25) is 9.59 Å². The number of furan rings is 1. The molecular formula is C20H21NO5. The van der Waals surface area contributed by atoms with E-state index in [-0.39, 0.29) is 11.3 Å². The van der Waals surface area contributed by atoms with Crippen molar-refractivity contribution >= 4 is 17.4 Å². The quantitative estimate of drug-likeness (QED) is 0.487. The normalized spacial score (nSPS) is 19.2. The molecule has 0 aliphatic carbocycles. The van der Waals surface area contributed by atoms with Crippen LogP contribution in [0.1, 0.15) is 37.1 Å². The zero-order valence-electron chi connectivity index (χ0n) is 14.8. The van der Waals surface area contributed by atoms with E-state index in [0.29, 0.717) is 23.6 Å². The minimum atomic E-state index is -0.734. The van der Waals surface area contributed by atoms with E-state index in [9.17, 15) is 14.7 Å². The lowest BCUT2D eigenvalue weighted by Gasteiger charge is -2.23. The number of likely N-dealkylation sites (tertiary alicyclic amines) is 1. The summed E-state index contributed by atoms with van der Waals surface area (Å²) in [4.78, 5) is 26.7. The number of Topliss-reactive ketones (excluding diaryl/α,β-unsaturated/α-hetero) is 1. The van der Waals surface area contributed by atoms with E-state index in [1.165, 1.54) is 18.3 Å². The summed E-state index contributed by atoms with van der Waals surface area (Å²) < 4.78 is 10.6. The van der Waals surface area contributed by atoms with Crippen molar-refractivity contribution in [3.8, 4) is 5.75 Å². The molecule has 1 N–H and O–H groups in total. The van der Waals surface area contributed by atoms with Crippen molar-refractivity contribution < 1.29 is 23.8 Å². The Morgan fingerprint density at radius 1 is 1.27 bits per heavy atom. The number of carbonyl (C=O) groups is 2. The van der Waals surface area contributed by atoms with Gasteiger partial charge in [0.1, 0.15) is 23.3 Å². The Labute approximate surface area is 151 Å². The van der Waals surface area contributed by atoms with E-state index < -0.39 is 17.7 Å². The third-order valence-corrected chi connectivity index (χ3v) is 4.45. The van der Waals surface area contributed by atoms with Crippen LogP contribution in [0.2, 0.25) is 0 Å². The molecule has 1 amide bonds. The molecule has 26 heavy (non-hydrogen) atoms. The number of amides is 1. The number of methoxy groups -OCH3 is 1. The van der Waals surface area contributed by atoms with E-state index in [1.807, 2.05) is 6.92 Å². The fourth-order valence-corrected chi connectivity index (χ4v) is 3.11. The fourth-order valence-electron chi connectivity index (χ4n) is 3.11. The van der Waals surface area contributed by atoms with Crippen LogP contribution in [-0.2, 0) is 9.59 Å². The summed E-state index contributed by atoms with van der Waals surface area (Å²) in [6.45, 7) is 2.43. The van der Waals surface area contributed by atoms with E-state index >= 15 is 0 Å². The number of aliphatic hydroxyl groups is 1. The molecule has 0 radical (unpaired) electrons. The number of carbonyl (C=O) groups excluding carboxylic acids is 2. The molecule has 1 aromatic heterocycles. The minimum absolute atomic E-state index is 0.0364. The predicted octanol–water partition coefficient (Wildman–Crippen LogP) is 3.51. The Morgan fingerprint density at radius 2 is 2.08 bits per heavy atom. The first kappa shape index (κ1) is 17.8. The maximum absolute atomic E-state index is 12.7. The highest BCUT2D eigenvalue weighted by molar-refractivity contribution is 6.46. The molecule has 0 saturated carbocycles. The van der Waals surface area contributed by atoms with Crippen molar-refractivity contribution in [2.75, 3.05) is 13.7 Å². The van der Waals surface area contributed by atoms with Crippen molar-refractivity contribution in [1.82, 2.24) is 4.90 Å². The van der Waals surface area contributed by atoms with E-state index in [1.54, 1.807) is 36.4 Å². The zero-order chi connectivity index (χ0) is 18.7. The summed E-state index contributed by atoms with van der Waals surface area (Å²) in [5.74, 6) is -0.566. The van der Waals surface area contributed by atoms with Crippen molar-refractivity contribution in [2.24, 2.45) is 0 Å². The molecule has 3 rings (SSSR count). The lowest BCUT2D eigenvalue weighted by Crippen LogP contribution is -2.30. The topological polar surface area (TPSA) is 80.0 Å². The van der Waals surface area contributed by atoms with E-state index in [4.69, 9.17) is 9.15 Å². The molecule has 0 bridgehead atoms. The van der Waals surface area contributed by atoms with Gasteiger partial charge in [0.05, 0.1) is 18.9 Å². The van der Waals surface area contributed by atoms with Crippen molar-refractivity contribution in [2.45, 2.75) is 25.8 Å². The van der Waals surface area contributed by atoms with Gasteiger partial charge in [-0.25, -0.2) is 0 Å². The summed E-state index contributed by atoms with van der Waals surface area (Å²) in [6, 6.07) is 9.39. The maximum atomic E-state index is 12.7. The fraction of sp³-hybridized carbons (Fsp3) is 0.300. The monoisotopic (exact) mass is 355 g/mol. The van der Waals surface area contributed by atoms with Crippen LogP contribution in [0.25, 0.3) is 5.76 Å². The zero-order valence-corrected chi connectivity index (χ0v) is 14.8. The Balaban J connectivity index is 2.12. The first-order valence-electron chi connectivity index (χ1n) is 8.54. The van der Waals surface area contributed by atoms with Crippen LogP contribution in [0.4, 0.5) is 0 Å². The smallest absolute Gasteiger partial charge is 0.295 e. The average molecular weight is 355 g/mol. The Kier molecular flexibility index (Phi) is 5.11. The van der Waals surface area contributed by atoms with Gasteiger partial charge < -0.3 is 19.2 Å². The number of ketones is 1. The molecule has 136 valence electrons. The van der Waals surface area contributed by atoms with Gasteiger partial charge in [0.2, 0.25) is 0 Å². The predicted molar refractivity (Wildman–Crippen MR) is 95.6 cm³/mol. The molecule has 1 unspecified atom stereocenters. The molecule has 1 aliphatic heterocycles. The summed E-state index contributed by atoms with van der Waals surface area (Å²) in [6.07, 6.45) is 3.12. The summed E-state index contributed by atoms with van der Waals surface area (Å²) >= 11 is 0. The highest BCUT2D eigenvalue weighted by atomic mass is 16.5. The third kappa shape index (κ3) is 3.10. The van der Waals surface area contributed by atoms with Crippen molar-refractivity contribution in [3.63, 3.8) is 0 Å². The van der Waals surface area contributed by atoms with Gasteiger partial charge in [-0.1, -0.05) is 25.5 Å². The number of unbranched alkanes of at least 4 members (excludes halogenated alkanes) is 1. The second-order valence-corrected chi connectivity index (χ2v) is 6.09. The van der Waals surface area contributed by atoms with Gasteiger partial charge in [-0.2, -0.15) is 0 Å². The van der Waals surface area contributed by atoms with Crippen LogP contribution in [0.5, 0.6) is 5.75 Å². The largest absolute Gasteiger partial charge is 0.507 e. The number of nitrogens with zero attached hydrogens (tertiary/aromatic N) is 1. The van der Waals surface area contributed by atoms with Crippen molar-refractivity contribution in [3.05, 3.63) is 59.6 Å². The maximum Gasteiger partial charge on any atom is 0.295 e. The Bertz CT molecular complexity index is 838. The minimum Gasteiger partial charge on any atom is -0.507 e. The second kappa shape index (κ2) is 7.47. The highest BCUT2D eigenvalue weighted by Crippen LogP contribution is 2.39. The van der Waals surface area contributed by atoms with Crippen LogP contribution in [0, 0.1) is 0 Å². The molecule has 2 heterocycles. The van der Waals surface area contributed by atoms with Gasteiger partial charge in [0.25, 0.3) is 11.7 Å². The molecule has 1 aliphatic rings. The second-order valence-electron chi connectivity index (χ2n) is 6.09. The summed E-state index contributed by atoms with van der Waals surface area (Å²) in [5, 5.41) is 10.8. The van der Waals surface area contributed by atoms with Gasteiger partial charge >= 0.3 is 0 Å².